The minimum Gasteiger partial charge on any atom is -0.480 e. The highest BCUT2D eigenvalue weighted by Gasteiger charge is 2.25. The van der Waals surface area contributed by atoms with Gasteiger partial charge in [-0.25, -0.2) is 13.6 Å². The van der Waals surface area contributed by atoms with E-state index in [0.717, 1.165) is 0 Å². The van der Waals surface area contributed by atoms with Gasteiger partial charge in [-0.15, -0.1) is 0 Å². The van der Waals surface area contributed by atoms with Crippen molar-refractivity contribution in [3.05, 3.63) is 78.4 Å². The lowest BCUT2D eigenvalue weighted by atomic mass is 10.0. The van der Waals surface area contributed by atoms with Gasteiger partial charge < -0.3 is 15.8 Å². The highest BCUT2D eigenvalue weighted by molar-refractivity contribution is 7.89. The lowest BCUT2D eigenvalue weighted by Crippen LogP contribution is -2.37. The molecule has 0 aliphatic heterocycles. The standard InChI is InChI=1S/C24H26N4O4S/c1-15(2)22(32-19-7-5-6-17(14-19)23(25)26)24(29)28-18-12-10-16(11-13-18)20-8-3-4-9-21(20)33(27,30)31/h3-15,22H,1-2H3,(H3,25,26)(H,28,29)(H2,27,30,31). The summed E-state index contributed by atoms with van der Waals surface area (Å²) in [4.78, 5) is 12.9. The van der Waals surface area contributed by atoms with Crippen molar-refractivity contribution in [2.75, 3.05) is 5.32 Å². The summed E-state index contributed by atoms with van der Waals surface area (Å²) in [5.74, 6) is -0.121. The number of anilines is 1. The number of benzene rings is 3. The van der Waals surface area contributed by atoms with Crippen molar-refractivity contribution in [1.29, 1.82) is 5.41 Å². The molecule has 3 aromatic carbocycles. The van der Waals surface area contributed by atoms with Crippen molar-refractivity contribution in [2.24, 2.45) is 16.8 Å². The zero-order valence-electron chi connectivity index (χ0n) is 18.3. The van der Waals surface area contributed by atoms with Crippen LogP contribution < -0.4 is 20.9 Å². The molecule has 0 spiro atoms. The highest BCUT2D eigenvalue weighted by Crippen LogP contribution is 2.28. The second kappa shape index (κ2) is 9.85. The van der Waals surface area contributed by atoms with Gasteiger partial charge in [-0.3, -0.25) is 10.2 Å². The number of amidine groups is 1. The third kappa shape index (κ3) is 5.97. The summed E-state index contributed by atoms with van der Waals surface area (Å²) in [6.07, 6.45) is -0.782. The number of nitrogens with two attached hydrogens (primary N) is 2. The highest BCUT2D eigenvalue weighted by atomic mass is 32.2. The smallest absolute Gasteiger partial charge is 0.265 e. The maximum absolute atomic E-state index is 12.9. The quantitative estimate of drug-likeness (QED) is 0.297. The van der Waals surface area contributed by atoms with Crippen molar-refractivity contribution in [2.45, 2.75) is 24.8 Å². The second-order valence-corrected chi connectivity index (χ2v) is 9.36. The van der Waals surface area contributed by atoms with E-state index >= 15 is 0 Å². The Labute approximate surface area is 193 Å². The molecular formula is C24H26N4O4S. The van der Waals surface area contributed by atoms with Crippen LogP contribution in [0.3, 0.4) is 0 Å². The Balaban J connectivity index is 1.78. The Kier molecular flexibility index (Phi) is 7.15. The lowest BCUT2D eigenvalue weighted by Gasteiger charge is -2.22. The summed E-state index contributed by atoms with van der Waals surface area (Å²) < 4.78 is 29.7. The van der Waals surface area contributed by atoms with E-state index < -0.39 is 16.1 Å². The third-order valence-electron chi connectivity index (χ3n) is 4.93. The van der Waals surface area contributed by atoms with Gasteiger partial charge in [0.05, 0.1) is 4.90 Å². The predicted molar refractivity (Wildman–Crippen MR) is 129 cm³/mol. The molecule has 9 heteroatoms. The van der Waals surface area contributed by atoms with Crippen molar-refractivity contribution in [3.63, 3.8) is 0 Å². The topological polar surface area (TPSA) is 148 Å². The van der Waals surface area contributed by atoms with Crippen LogP contribution in [0.5, 0.6) is 5.75 Å². The van der Waals surface area contributed by atoms with Crippen LogP contribution in [-0.2, 0) is 14.8 Å². The van der Waals surface area contributed by atoms with Gasteiger partial charge in [0.25, 0.3) is 5.91 Å². The van der Waals surface area contributed by atoms with E-state index in [4.69, 9.17) is 21.0 Å². The van der Waals surface area contributed by atoms with Gasteiger partial charge in [0.1, 0.15) is 11.6 Å². The summed E-state index contributed by atoms with van der Waals surface area (Å²) in [6, 6.07) is 20.0. The van der Waals surface area contributed by atoms with Crippen LogP contribution in [0, 0.1) is 11.3 Å². The molecule has 0 bridgehead atoms. The number of carbonyl (C=O) groups is 1. The zero-order valence-corrected chi connectivity index (χ0v) is 19.1. The van der Waals surface area contributed by atoms with E-state index in [1.165, 1.54) is 6.07 Å². The number of amides is 1. The van der Waals surface area contributed by atoms with Crippen molar-refractivity contribution < 1.29 is 17.9 Å². The summed E-state index contributed by atoms with van der Waals surface area (Å²) in [6.45, 7) is 3.73. The number of primary sulfonamides is 1. The van der Waals surface area contributed by atoms with Gasteiger partial charge in [-0.05, 0) is 41.8 Å². The molecule has 0 radical (unpaired) electrons. The fourth-order valence-corrected chi connectivity index (χ4v) is 4.04. The number of nitrogen functional groups attached to an aromatic ring is 1. The average Bonchev–Trinajstić information content (AvgIpc) is 2.77. The number of hydrogen-bond acceptors (Lipinski definition) is 5. The molecule has 0 saturated heterocycles. The lowest BCUT2D eigenvalue weighted by molar-refractivity contribution is -0.124. The Morgan fingerprint density at radius 1 is 1.00 bits per heavy atom. The molecule has 1 unspecified atom stereocenters. The van der Waals surface area contributed by atoms with Crippen LogP contribution in [0.15, 0.2) is 77.7 Å². The largest absolute Gasteiger partial charge is 0.480 e. The summed E-state index contributed by atoms with van der Waals surface area (Å²) in [5, 5.41) is 15.7. The minimum atomic E-state index is -3.88. The van der Waals surface area contributed by atoms with Gasteiger partial charge in [-0.2, -0.15) is 0 Å². The summed E-state index contributed by atoms with van der Waals surface area (Å²) in [5.41, 5.74) is 7.69. The molecule has 0 fully saturated rings. The van der Waals surface area contributed by atoms with Crippen molar-refractivity contribution in [1.82, 2.24) is 0 Å². The van der Waals surface area contributed by atoms with Crippen LogP contribution in [-0.4, -0.2) is 26.3 Å². The van der Waals surface area contributed by atoms with Gasteiger partial charge >= 0.3 is 0 Å². The average molecular weight is 467 g/mol. The van der Waals surface area contributed by atoms with Gasteiger partial charge in [0.2, 0.25) is 10.0 Å². The number of sulfonamides is 1. The molecule has 172 valence electrons. The van der Waals surface area contributed by atoms with Crippen molar-refractivity contribution in [3.8, 4) is 16.9 Å². The molecule has 3 aromatic rings. The number of hydrogen-bond donors (Lipinski definition) is 4. The Morgan fingerprint density at radius 2 is 1.67 bits per heavy atom. The molecule has 8 nitrogen and oxygen atoms in total. The number of carbonyl (C=O) groups excluding carboxylic acids is 1. The monoisotopic (exact) mass is 466 g/mol. The van der Waals surface area contributed by atoms with Crippen LogP contribution in [0.4, 0.5) is 5.69 Å². The fraction of sp³-hybridized carbons (Fsp3) is 0.167. The van der Waals surface area contributed by atoms with E-state index in [2.05, 4.69) is 5.32 Å². The molecule has 1 atom stereocenters. The molecular weight excluding hydrogens is 440 g/mol. The molecule has 0 aromatic heterocycles. The van der Waals surface area contributed by atoms with E-state index in [1.54, 1.807) is 66.7 Å². The maximum atomic E-state index is 12.9. The molecule has 1 amide bonds. The molecule has 6 N–H and O–H groups in total. The zero-order chi connectivity index (χ0) is 24.2. The maximum Gasteiger partial charge on any atom is 0.265 e. The molecule has 0 saturated carbocycles. The molecule has 0 aliphatic rings. The van der Waals surface area contributed by atoms with E-state index in [1.807, 2.05) is 13.8 Å². The minimum absolute atomic E-state index is 0.0304. The Morgan fingerprint density at radius 3 is 2.27 bits per heavy atom. The predicted octanol–water partition coefficient (Wildman–Crippen LogP) is 3.33. The first kappa shape index (κ1) is 24.0. The second-order valence-electron chi connectivity index (χ2n) is 7.83. The van der Waals surface area contributed by atoms with Crippen LogP contribution in [0.2, 0.25) is 0 Å². The molecule has 0 aliphatic carbocycles. The number of rotatable bonds is 8. The molecule has 33 heavy (non-hydrogen) atoms. The first-order chi connectivity index (χ1) is 15.6. The Hall–Kier alpha value is -3.69. The summed E-state index contributed by atoms with van der Waals surface area (Å²) in [7, 11) is -3.88. The van der Waals surface area contributed by atoms with E-state index in [9.17, 15) is 13.2 Å². The normalized spacial score (nSPS) is 12.2. The van der Waals surface area contributed by atoms with Crippen LogP contribution in [0.25, 0.3) is 11.1 Å². The number of ether oxygens (including phenoxy) is 1. The molecule has 3 rings (SSSR count). The first-order valence-corrected chi connectivity index (χ1v) is 11.7. The van der Waals surface area contributed by atoms with Gasteiger partial charge in [0.15, 0.2) is 6.10 Å². The van der Waals surface area contributed by atoms with E-state index in [-0.39, 0.29) is 22.6 Å². The van der Waals surface area contributed by atoms with Crippen molar-refractivity contribution >= 4 is 27.5 Å². The van der Waals surface area contributed by atoms with Gasteiger partial charge in [0, 0.05) is 16.8 Å². The number of nitrogens with one attached hydrogen (secondary N) is 2. The fourth-order valence-electron chi connectivity index (χ4n) is 3.28. The Bertz CT molecular complexity index is 1270. The van der Waals surface area contributed by atoms with E-state index in [0.29, 0.717) is 28.1 Å². The van der Waals surface area contributed by atoms with Crippen LogP contribution in [0.1, 0.15) is 19.4 Å². The third-order valence-corrected chi connectivity index (χ3v) is 5.90. The SMILES string of the molecule is CC(C)C(Oc1cccc(C(=N)N)c1)C(=O)Nc1ccc(-c2ccccc2S(N)(=O)=O)cc1. The van der Waals surface area contributed by atoms with Crippen LogP contribution >= 0.6 is 0 Å². The molecule has 0 heterocycles. The van der Waals surface area contributed by atoms with Gasteiger partial charge in [-0.1, -0.05) is 56.3 Å². The summed E-state index contributed by atoms with van der Waals surface area (Å²) >= 11 is 0. The first-order valence-electron chi connectivity index (χ1n) is 10.2.